The first-order chi connectivity index (χ1) is 23.2. The molecule has 0 saturated carbocycles. The lowest BCUT2D eigenvalue weighted by atomic mass is 9.77. The minimum absolute atomic E-state index is 0.145. The molecular formula is C36H45N6O5P. The van der Waals surface area contributed by atoms with Gasteiger partial charge in [-0.2, -0.15) is 0 Å². The fourth-order valence-electron chi connectivity index (χ4n) is 5.82. The molecule has 1 atom stereocenters. The van der Waals surface area contributed by atoms with E-state index in [0.717, 1.165) is 22.4 Å². The Morgan fingerprint density at radius 1 is 0.833 bits per heavy atom. The highest BCUT2D eigenvalue weighted by Crippen LogP contribution is 2.50. The van der Waals surface area contributed by atoms with Gasteiger partial charge in [0.25, 0.3) is 0 Å². The van der Waals surface area contributed by atoms with Gasteiger partial charge in [0.1, 0.15) is 29.5 Å². The highest BCUT2D eigenvalue weighted by atomic mass is 31.2. The molecule has 2 heterocycles. The summed E-state index contributed by atoms with van der Waals surface area (Å²) >= 11 is 0. The van der Waals surface area contributed by atoms with Crippen molar-refractivity contribution in [2.24, 2.45) is 5.73 Å². The number of aromatic nitrogens is 4. The number of nitrogens with zero attached hydrogens (tertiary/aromatic N) is 4. The van der Waals surface area contributed by atoms with Crippen molar-refractivity contribution in [3.8, 4) is 5.75 Å². The third-order valence-electron chi connectivity index (χ3n) is 7.85. The number of fused-ring (bicyclic) bond motifs is 1. The molecule has 0 bridgehead atoms. The van der Waals surface area contributed by atoms with Crippen LogP contribution in [0, 0.1) is 0 Å². The lowest BCUT2D eigenvalue weighted by Crippen LogP contribution is -2.38. The fourth-order valence-corrected chi connectivity index (χ4v) is 7.63. The Labute approximate surface area is 282 Å². The number of hydrogen-bond acceptors (Lipinski definition) is 10. The van der Waals surface area contributed by atoms with Crippen molar-refractivity contribution in [1.82, 2.24) is 19.5 Å². The molecular weight excluding hydrogens is 627 g/mol. The van der Waals surface area contributed by atoms with E-state index in [-0.39, 0.29) is 31.2 Å². The number of nitrogens with two attached hydrogens (primary N) is 1. The van der Waals surface area contributed by atoms with E-state index in [4.69, 9.17) is 34.2 Å². The summed E-state index contributed by atoms with van der Waals surface area (Å²) in [7, 11) is -1.76. The van der Waals surface area contributed by atoms with E-state index in [0.29, 0.717) is 29.9 Å². The summed E-state index contributed by atoms with van der Waals surface area (Å²) in [5, 5.41) is 3.81. The highest BCUT2D eigenvalue weighted by Gasteiger charge is 2.38. The average Bonchev–Trinajstić information content (AvgIpc) is 3.52. The third-order valence-corrected chi connectivity index (χ3v) is 9.84. The zero-order valence-electron chi connectivity index (χ0n) is 28.2. The van der Waals surface area contributed by atoms with Crippen LogP contribution in [0.4, 0.5) is 5.82 Å². The highest BCUT2D eigenvalue weighted by molar-refractivity contribution is 7.53. The molecule has 5 aromatic rings. The van der Waals surface area contributed by atoms with Gasteiger partial charge in [-0.25, -0.2) is 15.0 Å². The zero-order valence-corrected chi connectivity index (χ0v) is 29.0. The summed E-state index contributed by atoms with van der Waals surface area (Å²) in [4.78, 5) is 14.1. The van der Waals surface area contributed by atoms with Crippen LogP contribution in [0.5, 0.6) is 5.75 Å². The minimum atomic E-state index is -3.42. The zero-order chi connectivity index (χ0) is 34.1. The van der Waals surface area contributed by atoms with Gasteiger partial charge in [-0.1, -0.05) is 72.8 Å². The topological polar surface area (TPSA) is 136 Å². The number of anilines is 1. The average molecular weight is 673 g/mol. The molecule has 2 aromatic heterocycles. The maximum absolute atomic E-state index is 13.2. The van der Waals surface area contributed by atoms with Crippen LogP contribution in [0.15, 0.2) is 97.6 Å². The second-order valence-electron chi connectivity index (χ2n) is 12.0. The van der Waals surface area contributed by atoms with Crippen molar-refractivity contribution in [1.29, 1.82) is 0 Å². The van der Waals surface area contributed by atoms with Crippen LogP contribution >= 0.6 is 7.60 Å². The summed E-state index contributed by atoms with van der Waals surface area (Å²) in [5.74, 6) is 1.32. The Hall–Kier alpha value is -4.12. The summed E-state index contributed by atoms with van der Waals surface area (Å²) in [6.07, 6.45) is 3.13. The van der Waals surface area contributed by atoms with Crippen molar-refractivity contribution in [3.63, 3.8) is 0 Å². The second kappa shape index (κ2) is 15.9. The van der Waals surface area contributed by atoms with Crippen molar-refractivity contribution in [2.45, 2.75) is 57.9 Å². The first-order valence-corrected chi connectivity index (χ1v) is 17.9. The quantitative estimate of drug-likeness (QED) is 0.0596. The SMILES string of the molecule is COc1ccc(C(Nc2ncnc3c2ncn3C(CN)CCOCP(=O)(OC(C)C)OC(C)C)(c2ccccc2)c2ccccc2)cc1. The number of imidazole rings is 1. The Kier molecular flexibility index (Phi) is 11.6. The minimum Gasteiger partial charge on any atom is -0.497 e. The molecule has 0 aliphatic carbocycles. The molecule has 1 unspecified atom stereocenters. The van der Waals surface area contributed by atoms with Crippen molar-refractivity contribution < 1.29 is 23.1 Å². The van der Waals surface area contributed by atoms with Crippen molar-refractivity contribution >= 4 is 24.6 Å². The molecule has 0 spiro atoms. The van der Waals surface area contributed by atoms with Crippen LogP contribution < -0.4 is 15.8 Å². The van der Waals surface area contributed by atoms with Gasteiger partial charge in [0.2, 0.25) is 0 Å². The van der Waals surface area contributed by atoms with Crippen LogP contribution in [-0.4, -0.2) is 58.3 Å². The second-order valence-corrected chi connectivity index (χ2v) is 13.9. The van der Waals surface area contributed by atoms with Gasteiger partial charge >= 0.3 is 7.60 Å². The molecule has 0 amide bonds. The molecule has 3 N–H and O–H groups in total. The van der Waals surface area contributed by atoms with Crippen LogP contribution in [0.25, 0.3) is 11.2 Å². The van der Waals surface area contributed by atoms with Crippen LogP contribution in [0.2, 0.25) is 0 Å². The Morgan fingerprint density at radius 3 is 1.96 bits per heavy atom. The van der Waals surface area contributed by atoms with Crippen molar-refractivity contribution in [3.05, 3.63) is 114 Å². The molecule has 3 aromatic carbocycles. The molecule has 5 rings (SSSR count). The maximum Gasteiger partial charge on any atom is 0.356 e. The van der Waals surface area contributed by atoms with E-state index < -0.39 is 13.1 Å². The number of methoxy groups -OCH3 is 1. The van der Waals surface area contributed by atoms with Gasteiger partial charge in [-0.15, -0.1) is 0 Å². The molecule has 11 nitrogen and oxygen atoms in total. The van der Waals surface area contributed by atoms with Gasteiger partial charge in [0.15, 0.2) is 11.5 Å². The van der Waals surface area contributed by atoms with Crippen LogP contribution in [-0.2, 0) is 23.9 Å². The Bertz CT molecular complexity index is 1730. The number of nitrogens with one attached hydrogen (secondary N) is 1. The predicted octanol–water partition coefficient (Wildman–Crippen LogP) is 7.15. The summed E-state index contributed by atoms with van der Waals surface area (Å²) in [5.41, 5.74) is 9.68. The summed E-state index contributed by atoms with van der Waals surface area (Å²) in [6.45, 7) is 7.86. The number of rotatable bonds is 17. The molecule has 0 radical (unpaired) electrons. The molecule has 254 valence electrons. The molecule has 48 heavy (non-hydrogen) atoms. The maximum atomic E-state index is 13.2. The lowest BCUT2D eigenvalue weighted by Gasteiger charge is -2.37. The standard InChI is InChI=1S/C36H45N6O5P/c1-26(2)46-48(43,47-27(3)4)25-45-21-20-31(22-37)42-24-40-33-34(38-23-39-35(33)42)41-36(28-12-8-6-9-13-28,29-14-10-7-11-15-29)30-16-18-32(44-5)19-17-30/h6-19,23-24,26-27,31H,20-22,25,37H2,1-5H3,(H,38,39,41). The Morgan fingerprint density at radius 2 is 1.42 bits per heavy atom. The Balaban J connectivity index is 1.48. The van der Waals surface area contributed by atoms with E-state index >= 15 is 0 Å². The third kappa shape index (κ3) is 7.94. The van der Waals surface area contributed by atoms with Crippen LogP contribution in [0.3, 0.4) is 0 Å². The molecule has 0 saturated heterocycles. The normalized spacial score (nSPS) is 12.9. The van der Waals surface area contributed by atoms with Gasteiger partial charge in [0, 0.05) is 13.2 Å². The van der Waals surface area contributed by atoms with E-state index in [9.17, 15) is 4.57 Å². The number of hydrogen-bond donors (Lipinski definition) is 2. The first-order valence-electron chi connectivity index (χ1n) is 16.1. The fraction of sp³-hybridized carbons (Fsp3) is 0.361. The van der Waals surface area contributed by atoms with Crippen LogP contribution in [0.1, 0.15) is 56.8 Å². The first kappa shape index (κ1) is 35.2. The number of benzene rings is 3. The monoisotopic (exact) mass is 672 g/mol. The largest absolute Gasteiger partial charge is 0.497 e. The van der Waals surface area contributed by atoms with E-state index in [1.807, 2.05) is 80.8 Å². The van der Waals surface area contributed by atoms with Gasteiger partial charge in [0.05, 0.1) is 31.7 Å². The van der Waals surface area contributed by atoms with Gasteiger partial charge < -0.3 is 34.1 Å². The van der Waals surface area contributed by atoms with Gasteiger partial charge in [-0.05, 0) is 62.9 Å². The number of ether oxygens (including phenoxy) is 2. The van der Waals surface area contributed by atoms with E-state index in [2.05, 4.69) is 46.7 Å². The van der Waals surface area contributed by atoms with Gasteiger partial charge in [-0.3, -0.25) is 4.57 Å². The summed E-state index contributed by atoms with van der Waals surface area (Å²) in [6, 6.07) is 28.4. The molecule has 12 heteroatoms. The lowest BCUT2D eigenvalue weighted by molar-refractivity contribution is 0.0943. The van der Waals surface area contributed by atoms with Crippen molar-refractivity contribution in [2.75, 3.05) is 31.9 Å². The van der Waals surface area contributed by atoms with E-state index in [1.165, 1.54) is 6.33 Å². The summed E-state index contributed by atoms with van der Waals surface area (Å²) < 4.78 is 37.7. The molecule has 0 aliphatic rings. The predicted molar refractivity (Wildman–Crippen MR) is 188 cm³/mol. The molecule has 0 fully saturated rings. The smallest absolute Gasteiger partial charge is 0.356 e. The molecule has 0 aliphatic heterocycles. The van der Waals surface area contributed by atoms with E-state index in [1.54, 1.807) is 13.4 Å².